The molecule has 2 N–H and O–H groups in total. The van der Waals surface area contributed by atoms with Gasteiger partial charge in [0, 0.05) is 0 Å². The molecule has 0 heterocycles. The normalized spacial score (nSPS) is 11.5. The fourth-order valence-corrected chi connectivity index (χ4v) is 1.13. The standard InChI is InChI=1S/C9H11N2Se/c10-9(12)11-7-6-8-4-2-1-3-5-8/h1-5H,6-7H2,(H2,10,11). The molecule has 63 valence electrons. The monoisotopic (exact) mass is 227 g/mol. The second-order valence-electron chi connectivity index (χ2n) is 2.46. The molecule has 0 fully saturated rings. The van der Waals surface area contributed by atoms with Crippen LogP contribution in [0, 0.1) is 0 Å². The Kier molecular flexibility index (Phi) is 3.85. The number of hydrogen-bond acceptors (Lipinski definition) is 1. The van der Waals surface area contributed by atoms with E-state index in [1.54, 1.807) is 0 Å². The molecule has 0 atom stereocenters. The van der Waals surface area contributed by atoms with E-state index in [1.807, 2.05) is 18.2 Å². The van der Waals surface area contributed by atoms with Gasteiger partial charge in [-0.25, -0.2) is 0 Å². The van der Waals surface area contributed by atoms with Crippen molar-refractivity contribution in [2.24, 2.45) is 10.7 Å². The summed E-state index contributed by atoms with van der Waals surface area (Å²) in [4.78, 5) is 4.06. The number of nitrogens with zero attached hydrogens (tertiary/aromatic N) is 1. The summed E-state index contributed by atoms with van der Waals surface area (Å²) in [6.45, 7) is 0.753. The predicted octanol–water partition coefficient (Wildman–Crippen LogP) is 0.712. The first kappa shape index (κ1) is 9.30. The Hall–Kier alpha value is -0.791. The van der Waals surface area contributed by atoms with Crippen molar-refractivity contribution in [3.63, 3.8) is 0 Å². The molecule has 1 radical (unpaired) electrons. The summed E-state index contributed by atoms with van der Waals surface area (Å²) in [5.41, 5.74) is 6.64. The maximum absolute atomic E-state index is 5.35. The number of benzene rings is 1. The zero-order chi connectivity index (χ0) is 8.81. The summed E-state index contributed by atoms with van der Waals surface area (Å²) >= 11 is 2.65. The van der Waals surface area contributed by atoms with Gasteiger partial charge in [0.1, 0.15) is 0 Å². The molecule has 0 unspecified atom stereocenters. The first-order valence-corrected chi connectivity index (χ1v) is 4.65. The van der Waals surface area contributed by atoms with E-state index < -0.39 is 0 Å². The van der Waals surface area contributed by atoms with Gasteiger partial charge in [-0.2, -0.15) is 0 Å². The maximum atomic E-state index is 5.35. The van der Waals surface area contributed by atoms with Crippen molar-refractivity contribution in [3.05, 3.63) is 35.9 Å². The van der Waals surface area contributed by atoms with Crippen LogP contribution < -0.4 is 5.73 Å². The van der Waals surface area contributed by atoms with Crippen LogP contribution >= 0.6 is 0 Å². The van der Waals surface area contributed by atoms with Gasteiger partial charge in [-0.05, 0) is 0 Å². The Morgan fingerprint density at radius 2 is 2.00 bits per heavy atom. The summed E-state index contributed by atoms with van der Waals surface area (Å²) in [6, 6.07) is 10.2. The van der Waals surface area contributed by atoms with Crippen molar-refractivity contribution in [1.29, 1.82) is 0 Å². The zero-order valence-corrected chi connectivity index (χ0v) is 8.45. The minimum atomic E-state index is 0.533. The molecule has 1 rings (SSSR count). The van der Waals surface area contributed by atoms with Crippen LogP contribution in [-0.4, -0.2) is 27.3 Å². The molecule has 0 saturated carbocycles. The van der Waals surface area contributed by atoms with Crippen molar-refractivity contribution in [3.8, 4) is 0 Å². The van der Waals surface area contributed by atoms with Gasteiger partial charge in [-0.15, -0.1) is 0 Å². The molecule has 0 aliphatic rings. The average molecular weight is 226 g/mol. The van der Waals surface area contributed by atoms with Crippen molar-refractivity contribution in [2.45, 2.75) is 6.42 Å². The van der Waals surface area contributed by atoms with Gasteiger partial charge in [-0.3, -0.25) is 0 Å². The Bertz CT molecular complexity index is 252. The van der Waals surface area contributed by atoms with E-state index in [-0.39, 0.29) is 0 Å². The molecule has 1 aromatic rings. The zero-order valence-electron chi connectivity index (χ0n) is 6.73. The number of nitrogens with two attached hydrogens (primary N) is 1. The fraction of sp³-hybridized carbons (Fsp3) is 0.222. The van der Waals surface area contributed by atoms with E-state index in [0.29, 0.717) is 4.73 Å². The predicted molar refractivity (Wildman–Crippen MR) is 52.4 cm³/mol. The molecular formula is C9H11N2Se. The van der Waals surface area contributed by atoms with E-state index in [1.165, 1.54) is 5.56 Å². The molecule has 2 nitrogen and oxygen atoms in total. The second-order valence-corrected chi connectivity index (χ2v) is 3.33. The second kappa shape index (κ2) is 4.96. The third-order valence-electron chi connectivity index (χ3n) is 1.51. The van der Waals surface area contributed by atoms with Crippen LogP contribution in [0.25, 0.3) is 0 Å². The van der Waals surface area contributed by atoms with Crippen LogP contribution in [0.1, 0.15) is 5.56 Å². The summed E-state index contributed by atoms with van der Waals surface area (Å²) in [5.74, 6) is 0. The third kappa shape index (κ3) is 3.56. The quantitative estimate of drug-likeness (QED) is 0.460. The summed E-state index contributed by atoms with van der Waals surface area (Å²) in [6.07, 6.45) is 0.948. The third-order valence-corrected chi connectivity index (χ3v) is 1.78. The first-order chi connectivity index (χ1) is 5.79. The van der Waals surface area contributed by atoms with Crippen molar-refractivity contribution in [1.82, 2.24) is 0 Å². The van der Waals surface area contributed by atoms with Crippen LogP contribution in [0.15, 0.2) is 35.3 Å². The van der Waals surface area contributed by atoms with E-state index in [4.69, 9.17) is 5.73 Å². The van der Waals surface area contributed by atoms with Gasteiger partial charge in [0.15, 0.2) is 0 Å². The molecule has 0 aromatic heterocycles. The van der Waals surface area contributed by atoms with E-state index in [2.05, 4.69) is 33.1 Å². The van der Waals surface area contributed by atoms with Gasteiger partial charge in [0.2, 0.25) is 0 Å². The van der Waals surface area contributed by atoms with E-state index in [0.717, 1.165) is 13.0 Å². The summed E-state index contributed by atoms with van der Waals surface area (Å²) in [7, 11) is 0. The van der Waals surface area contributed by atoms with Crippen LogP contribution in [0.4, 0.5) is 0 Å². The molecule has 0 amide bonds. The summed E-state index contributed by atoms with van der Waals surface area (Å²) < 4.78 is 0.533. The van der Waals surface area contributed by atoms with Crippen LogP contribution in [0.5, 0.6) is 0 Å². The molecule has 0 bridgehead atoms. The molecule has 0 spiro atoms. The molecule has 0 aliphatic carbocycles. The van der Waals surface area contributed by atoms with E-state index in [9.17, 15) is 0 Å². The van der Waals surface area contributed by atoms with Gasteiger partial charge in [-0.1, -0.05) is 0 Å². The molecule has 1 aromatic carbocycles. The van der Waals surface area contributed by atoms with Crippen molar-refractivity contribution < 1.29 is 0 Å². The van der Waals surface area contributed by atoms with Crippen molar-refractivity contribution in [2.75, 3.05) is 6.54 Å². The van der Waals surface area contributed by atoms with Gasteiger partial charge in [0.05, 0.1) is 0 Å². The molecule has 0 saturated heterocycles. The number of rotatable bonds is 3. The van der Waals surface area contributed by atoms with Crippen LogP contribution in [0.2, 0.25) is 0 Å². The SMILES string of the molecule is NC([Se])=NCCc1ccccc1. The Morgan fingerprint density at radius 1 is 1.33 bits per heavy atom. The Labute approximate surface area is 80.7 Å². The Balaban J connectivity index is 2.39. The van der Waals surface area contributed by atoms with Gasteiger partial charge in [0.25, 0.3) is 0 Å². The van der Waals surface area contributed by atoms with Gasteiger partial charge >= 0.3 is 80.3 Å². The molecular weight excluding hydrogens is 215 g/mol. The van der Waals surface area contributed by atoms with Crippen LogP contribution in [-0.2, 0) is 6.42 Å². The Morgan fingerprint density at radius 3 is 2.58 bits per heavy atom. The van der Waals surface area contributed by atoms with Crippen LogP contribution in [0.3, 0.4) is 0 Å². The van der Waals surface area contributed by atoms with Gasteiger partial charge < -0.3 is 0 Å². The topological polar surface area (TPSA) is 38.4 Å². The van der Waals surface area contributed by atoms with E-state index >= 15 is 0 Å². The fourth-order valence-electron chi connectivity index (χ4n) is 0.940. The van der Waals surface area contributed by atoms with Crippen molar-refractivity contribution >= 4 is 20.7 Å². The average Bonchev–Trinajstić information content (AvgIpc) is 2.05. The summed E-state index contributed by atoms with van der Waals surface area (Å²) in [5, 5.41) is 0. The minimum absolute atomic E-state index is 0.533. The number of hydrogen-bond donors (Lipinski definition) is 1. The molecule has 3 heteroatoms. The molecule has 0 aliphatic heterocycles. The number of aliphatic imine (C=N–C) groups is 1. The molecule has 12 heavy (non-hydrogen) atoms. The number of amidine groups is 1. The first-order valence-electron chi connectivity index (χ1n) is 3.80.